The van der Waals surface area contributed by atoms with Gasteiger partial charge in [-0.05, 0) is 37.6 Å². The molecule has 1 aromatic rings. The molecule has 1 atom stereocenters. The predicted molar refractivity (Wildman–Crippen MR) is 98.2 cm³/mol. The van der Waals surface area contributed by atoms with Crippen molar-refractivity contribution in [2.24, 2.45) is 0 Å². The van der Waals surface area contributed by atoms with E-state index in [1.54, 1.807) is 6.07 Å². The van der Waals surface area contributed by atoms with Crippen LogP contribution in [0.4, 0.5) is 4.39 Å². The predicted octanol–water partition coefficient (Wildman–Crippen LogP) is 2.18. The van der Waals surface area contributed by atoms with Crippen LogP contribution in [0.3, 0.4) is 0 Å². The van der Waals surface area contributed by atoms with Crippen LogP contribution in [0.1, 0.15) is 12.8 Å². The van der Waals surface area contributed by atoms with Gasteiger partial charge < -0.3 is 15.0 Å². The molecule has 2 heterocycles. The molecule has 0 saturated carbocycles. The molecule has 1 amide bonds. The average molecular weight is 392 g/mol. The minimum Gasteiger partial charge on any atom is -0.491 e. The first-order valence-corrected chi connectivity index (χ1v) is 8.81. The number of rotatable bonds is 5. The molecule has 0 bridgehead atoms. The van der Waals surface area contributed by atoms with Crippen molar-refractivity contribution in [2.45, 2.75) is 18.9 Å². The van der Waals surface area contributed by atoms with Crippen LogP contribution >= 0.6 is 24.0 Å². The van der Waals surface area contributed by atoms with Crippen molar-refractivity contribution >= 4 is 29.9 Å². The van der Waals surface area contributed by atoms with Gasteiger partial charge in [-0.2, -0.15) is 0 Å². The second kappa shape index (κ2) is 9.57. The SMILES string of the molecule is Cl.O=C1CNCCN1C1CCCN(CCOc2ccc(F)cc2Cl)C1. The molecule has 1 aromatic carbocycles. The van der Waals surface area contributed by atoms with Gasteiger partial charge in [0.2, 0.25) is 5.91 Å². The Morgan fingerprint density at radius 1 is 1.36 bits per heavy atom. The van der Waals surface area contributed by atoms with Crippen LogP contribution in [-0.4, -0.2) is 67.6 Å². The van der Waals surface area contributed by atoms with Gasteiger partial charge in [0.25, 0.3) is 0 Å². The molecule has 2 aliphatic rings. The zero-order valence-corrected chi connectivity index (χ0v) is 15.6. The number of carbonyl (C=O) groups is 1. The number of carbonyl (C=O) groups excluding carboxylic acids is 1. The monoisotopic (exact) mass is 391 g/mol. The molecule has 25 heavy (non-hydrogen) atoms. The van der Waals surface area contributed by atoms with Gasteiger partial charge in [0.1, 0.15) is 18.2 Å². The summed E-state index contributed by atoms with van der Waals surface area (Å²) in [6, 6.07) is 4.44. The number of halogens is 3. The van der Waals surface area contributed by atoms with Gasteiger partial charge in [-0.15, -0.1) is 12.4 Å². The normalized spacial score (nSPS) is 21.8. The molecule has 3 rings (SSSR count). The summed E-state index contributed by atoms with van der Waals surface area (Å²) >= 11 is 5.96. The molecular formula is C17H24Cl2FN3O2. The maximum absolute atomic E-state index is 13.0. The topological polar surface area (TPSA) is 44.8 Å². The molecule has 0 spiro atoms. The number of hydrogen-bond acceptors (Lipinski definition) is 4. The van der Waals surface area contributed by atoms with Crippen molar-refractivity contribution in [1.82, 2.24) is 15.1 Å². The van der Waals surface area contributed by atoms with Crippen LogP contribution in [0, 0.1) is 5.82 Å². The molecule has 5 nitrogen and oxygen atoms in total. The zero-order valence-electron chi connectivity index (χ0n) is 14.0. The fraction of sp³-hybridized carbons (Fsp3) is 0.588. The second-order valence-corrected chi connectivity index (χ2v) is 6.69. The average Bonchev–Trinajstić information content (AvgIpc) is 2.57. The Hall–Kier alpha value is -1.08. The molecule has 0 aromatic heterocycles. The van der Waals surface area contributed by atoms with Crippen LogP contribution < -0.4 is 10.1 Å². The van der Waals surface area contributed by atoms with Crippen LogP contribution in [-0.2, 0) is 4.79 Å². The van der Waals surface area contributed by atoms with Gasteiger partial charge >= 0.3 is 0 Å². The largest absolute Gasteiger partial charge is 0.491 e. The number of ether oxygens (including phenoxy) is 1. The van der Waals surface area contributed by atoms with Crippen LogP contribution in [0.15, 0.2) is 18.2 Å². The lowest BCUT2D eigenvalue weighted by molar-refractivity contribution is -0.135. The van der Waals surface area contributed by atoms with E-state index in [1.807, 2.05) is 4.90 Å². The zero-order chi connectivity index (χ0) is 16.9. The van der Waals surface area contributed by atoms with Crippen LogP contribution in [0.5, 0.6) is 5.75 Å². The summed E-state index contributed by atoms with van der Waals surface area (Å²) < 4.78 is 18.7. The molecule has 8 heteroatoms. The Morgan fingerprint density at radius 3 is 2.96 bits per heavy atom. The Labute approximate surface area is 158 Å². The summed E-state index contributed by atoms with van der Waals surface area (Å²) in [6.45, 7) is 5.26. The van der Waals surface area contributed by atoms with E-state index in [9.17, 15) is 9.18 Å². The minimum atomic E-state index is -0.369. The summed E-state index contributed by atoms with van der Waals surface area (Å²) in [7, 11) is 0. The third kappa shape index (κ3) is 5.45. The van der Waals surface area contributed by atoms with Crippen LogP contribution in [0.2, 0.25) is 5.02 Å². The van der Waals surface area contributed by atoms with Gasteiger partial charge in [0.05, 0.1) is 11.6 Å². The fourth-order valence-electron chi connectivity index (χ4n) is 3.37. The molecule has 140 valence electrons. The van der Waals surface area contributed by atoms with E-state index in [4.69, 9.17) is 16.3 Å². The Morgan fingerprint density at radius 2 is 2.20 bits per heavy atom. The van der Waals surface area contributed by atoms with Crippen molar-refractivity contribution in [1.29, 1.82) is 0 Å². The Bertz CT molecular complexity index is 591. The molecule has 0 radical (unpaired) electrons. The second-order valence-electron chi connectivity index (χ2n) is 6.28. The first-order valence-electron chi connectivity index (χ1n) is 8.44. The lowest BCUT2D eigenvalue weighted by Crippen LogP contribution is -2.57. The van der Waals surface area contributed by atoms with E-state index in [0.29, 0.717) is 24.9 Å². The maximum Gasteiger partial charge on any atom is 0.236 e. The highest BCUT2D eigenvalue weighted by Crippen LogP contribution is 2.25. The number of nitrogens with one attached hydrogen (secondary N) is 1. The van der Waals surface area contributed by atoms with Crippen LogP contribution in [0.25, 0.3) is 0 Å². The van der Waals surface area contributed by atoms with Crippen molar-refractivity contribution in [3.63, 3.8) is 0 Å². The van der Waals surface area contributed by atoms with E-state index in [0.717, 1.165) is 45.6 Å². The minimum absolute atomic E-state index is 0. The van der Waals surface area contributed by atoms with Gasteiger partial charge in [-0.25, -0.2) is 4.39 Å². The smallest absolute Gasteiger partial charge is 0.236 e. The number of hydrogen-bond donors (Lipinski definition) is 1. The maximum atomic E-state index is 13.0. The van der Waals surface area contributed by atoms with Crippen molar-refractivity contribution in [3.8, 4) is 5.75 Å². The summed E-state index contributed by atoms with van der Waals surface area (Å²) in [5.41, 5.74) is 0. The number of amides is 1. The molecule has 2 aliphatic heterocycles. The number of likely N-dealkylation sites (tertiary alicyclic amines) is 1. The highest BCUT2D eigenvalue weighted by atomic mass is 35.5. The number of nitrogens with zero attached hydrogens (tertiary/aromatic N) is 2. The van der Waals surface area contributed by atoms with Gasteiger partial charge in [0, 0.05) is 32.2 Å². The Kier molecular flexibility index (Phi) is 7.75. The highest BCUT2D eigenvalue weighted by molar-refractivity contribution is 6.32. The molecule has 2 saturated heterocycles. The Balaban J connectivity index is 0.00000225. The fourth-order valence-corrected chi connectivity index (χ4v) is 3.59. The third-order valence-corrected chi connectivity index (χ3v) is 4.90. The summed E-state index contributed by atoms with van der Waals surface area (Å²) in [6.07, 6.45) is 2.14. The summed E-state index contributed by atoms with van der Waals surface area (Å²) in [5, 5.41) is 3.40. The van der Waals surface area contributed by atoms with Crippen molar-refractivity contribution < 1.29 is 13.9 Å². The van der Waals surface area contributed by atoms with Gasteiger partial charge in [-0.3, -0.25) is 9.69 Å². The lowest BCUT2D eigenvalue weighted by atomic mass is 10.0. The summed E-state index contributed by atoms with van der Waals surface area (Å²) in [5.74, 6) is 0.332. The molecule has 1 unspecified atom stereocenters. The summed E-state index contributed by atoms with van der Waals surface area (Å²) in [4.78, 5) is 16.4. The number of benzene rings is 1. The van der Waals surface area contributed by atoms with Crippen molar-refractivity contribution in [2.75, 3.05) is 45.9 Å². The third-order valence-electron chi connectivity index (χ3n) is 4.61. The van der Waals surface area contributed by atoms with E-state index in [-0.39, 0.29) is 29.2 Å². The van der Waals surface area contributed by atoms with E-state index in [1.165, 1.54) is 12.1 Å². The highest BCUT2D eigenvalue weighted by Gasteiger charge is 2.29. The molecule has 1 N–H and O–H groups in total. The van der Waals surface area contributed by atoms with Gasteiger partial charge in [0.15, 0.2) is 0 Å². The quantitative estimate of drug-likeness (QED) is 0.835. The van der Waals surface area contributed by atoms with Crippen molar-refractivity contribution in [3.05, 3.63) is 29.0 Å². The van der Waals surface area contributed by atoms with Gasteiger partial charge in [-0.1, -0.05) is 11.6 Å². The first kappa shape index (κ1) is 20.2. The molecule has 0 aliphatic carbocycles. The lowest BCUT2D eigenvalue weighted by Gasteiger charge is -2.41. The molecular weight excluding hydrogens is 368 g/mol. The van der Waals surface area contributed by atoms with E-state index >= 15 is 0 Å². The standard InChI is InChI=1S/C17H23ClFN3O2.ClH/c18-15-10-13(19)3-4-16(15)24-9-8-21-6-1-2-14(12-21)22-7-5-20-11-17(22)23;/h3-4,10,14,20H,1-2,5-9,11-12H2;1H. The first-order chi connectivity index (χ1) is 11.6. The molecule has 2 fully saturated rings. The number of piperidine rings is 1. The number of piperazine rings is 1. The van der Waals surface area contributed by atoms with E-state index in [2.05, 4.69) is 10.2 Å². The van der Waals surface area contributed by atoms with E-state index < -0.39 is 0 Å².